The molecule has 1 heterocycles. The second-order valence-corrected chi connectivity index (χ2v) is 4.63. The fourth-order valence-electron chi connectivity index (χ4n) is 2.31. The lowest BCUT2D eigenvalue weighted by atomic mass is 9.94. The average molecular weight is 259 g/mol. The van der Waals surface area contributed by atoms with E-state index in [2.05, 4.69) is 10.3 Å². The van der Waals surface area contributed by atoms with Crippen molar-refractivity contribution in [2.75, 3.05) is 12.8 Å². The van der Waals surface area contributed by atoms with Crippen LogP contribution >= 0.6 is 0 Å². The van der Waals surface area contributed by atoms with Gasteiger partial charge in [-0.2, -0.15) is 0 Å². The van der Waals surface area contributed by atoms with Gasteiger partial charge in [0.25, 0.3) is 0 Å². The zero-order chi connectivity index (χ0) is 14.0. The number of pyridine rings is 1. The van der Waals surface area contributed by atoms with E-state index in [1.807, 2.05) is 19.1 Å². The minimum Gasteiger partial charge on any atom is -0.383 e. The van der Waals surface area contributed by atoms with Crippen LogP contribution in [0.3, 0.4) is 0 Å². The number of aromatic nitrogens is 1. The number of nitrogen functional groups attached to an aromatic ring is 1. The average Bonchev–Trinajstić information content (AvgIpc) is 2.38. The Morgan fingerprint density at radius 1 is 1.21 bits per heavy atom. The monoisotopic (exact) mass is 259 g/mol. The number of nitrogens with two attached hydrogens (primary N) is 1. The van der Waals surface area contributed by atoms with Gasteiger partial charge in [0.05, 0.1) is 6.04 Å². The van der Waals surface area contributed by atoms with Crippen LogP contribution in [-0.2, 0) is 0 Å². The maximum Gasteiger partial charge on any atom is 0.131 e. The van der Waals surface area contributed by atoms with Gasteiger partial charge in [-0.05, 0) is 38.1 Å². The van der Waals surface area contributed by atoms with Gasteiger partial charge in [0.2, 0.25) is 0 Å². The molecule has 19 heavy (non-hydrogen) atoms. The van der Waals surface area contributed by atoms with E-state index in [1.54, 1.807) is 32.3 Å². The molecule has 1 unspecified atom stereocenters. The first-order valence-corrected chi connectivity index (χ1v) is 6.19. The Morgan fingerprint density at radius 2 is 1.95 bits per heavy atom. The quantitative estimate of drug-likeness (QED) is 0.891. The molecule has 1 aromatic heterocycles. The number of halogens is 1. The predicted molar refractivity (Wildman–Crippen MR) is 75.4 cm³/mol. The van der Waals surface area contributed by atoms with Gasteiger partial charge in [-0.15, -0.1) is 0 Å². The lowest BCUT2D eigenvalue weighted by molar-refractivity contribution is 0.568. The third kappa shape index (κ3) is 2.44. The number of nitrogens with zero attached hydrogens (tertiary/aromatic N) is 1. The smallest absolute Gasteiger partial charge is 0.131 e. The van der Waals surface area contributed by atoms with Crippen LogP contribution in [0, 0.1) is 19.7 Å². The van der Waals surface area contributed by atoms with Gasteiger partial charge in [-0.3, -0.25) is 0 Å². The van der Waals surface area contributed by atoms with Gasteiger partial charge >= 0.3 is 0 Å². The van der Waals surface area contributed by atoms with Crippen molar-refractivity contribution in [1.29, 1.82) is 0 Å². The zero-order valence-electron chi connectivity index (χ0n) is 11.4. The summed E-state index contributed by atoms with van der Waals surface area (Å²) in [6.07, 6.45) is 1.66. The van der Waals surface area contributed by atoms with Crippen molar-refractivity contribution in [3.63, 3.8) is 0 Å². The van der Waals surface area contributed by atoms with E-state index in [9.17, 15) is 4.39 Å². The van der Waals surface area contributed by atoms with Crippen molar-refractivity contribution in [2.45, 2.75) is 19.9 Å². The van der Waals surface area contributed by atoms with Crippen LogP contribution in [0.2, 0.25) is 0 Å². The highest BCUT2D eigenvalue weighted by atomic mass is 19.1. The zero-order valence-corrected chi connectivity index (χ0v) is 11.4. The Labute approximate surface area is 112 Å². The Morgan fingerprint density at radius 3 is 2.58 bits per heavy atom. The van der Waals surface area contributed by atoms with Crippen LogP contribution in [0.4, 0.5) is 10.2 Å². The molecule has 3 N–H and O–H groups in total. The largest absolute Gasteiger partial charge is 0.383 e. The molecule has 2 rings (SSSR count). The van der Waals surface area contributed by atoms with E-state index in [0.29, 0.717) is 16.9 Å². The van der Waals surface area contributed by atoms with Crippen molar-refractivity contribution in [1.82, 2.24) is 10.3 Å². The molecule has 0 saturated carbocycles. The molecule has 100 valence electrons. The van der Waals surface area contributed by atoms with E-state index in [4.69, 9.17) is 5.73 Å². The standard InChI is InChI=1S/C15H18FN3/c1-9-7-8-19-15(17)12(9)14(18-3)11-6-4-5-10(2)13(11)16/h4-8,14,18H,1-3H3,(H2,17,19). The van der Waals surface area contributed by atoms with Crippen LogP contribution in [0.25, 0.3) is 0 Å². The number of aryl methyl sites for hydroxylation is 2. The minimum atomic E-state index is -0.298. The van der Waals surface area contributed by atoms with Gasteiger partial charge in [-0.1, -0.05) is 18.2 Å². The van der Waals surface area contributed by atoms with E-state index < -0.39 is 0 Å². The molecule has 0 bridgehead atoms. The molecule has 0 amide bonds. The summed E-state index contributed by atoms with van der Waals surface area (Å²) in [4.78, 5) is 4.10. The summed E-state index contributed by atoms with van der Waals surface area (Å²) in [5.74, 6) is 0.227. The van der Waals surface area contributed by atoms with Crippen LogP contribution in [0.15, 0.2) is 30.5 Å². The molecule has 0 aliphatic rings. The van der Waals surface area contributed by atoms with Gasteiger partial charge < -0.3 is 11.1 Å². The molecular weight excluding hydrogens is 241 g/mol. The summed E-state index contributed by atoms with van der Waals surface area (Å²) in [6.45, 7) is 3.70. The van der Waals surface area contributed by atoms with Crippen molar-refractivity contribution in [3.05, 3.63) is 58.5 Å². The van der Waals surface area contributed by atoms with Gasteiger partial charge in [0.1, 0.15) is 11.6 Å². The third-order valence-electron chi connectivity index (χ3n) is 3.35. The molecule has 1 atom stereocenters. The summed E-state index contributed by atoms with van der Waals surface area (Å²) in [5, 5.41) is 3.12. The Kier molecular flexibility index (Phi) is 3.81. The fourth-order valence-corrected chi connectivity index (χ4v) is 2.31. The van der Waals surface area contributed by atoms with Crippen LogP contribution in [-0.4, -0.2) is 12.0 Å². The maximum absolute atomic E-state index is 14.3. The Bertz CT molecular complexity index is 576. The molecule has 4 heteroatoms. The van der Waals surface area contributed by atoms with Crippen molar-refractivity contribution >= 4 is 5.82 Å². The number of benzene rings is 1. The first kappa shape index (κ1) is 13.5. The van der Waals surface area contributed by atoms with Crippen LogP contribution in [0.1, 0.15) is 28.3 Å². The number of hydrogen-bond donors (Lipinski definition) is 2. The first-order valence-electron chi connectivity index (χ1n) is 6.19. The normalized spacial score (nSPS) is 12.4. The van der Waals surface area contributed by atoms with E-state index in [0.717, 1.165) is 11.1 Å². The summed E-state index contributed by atoms with van der Waals surface area (Å²) in [7, 11) is 1.79. The predicted octanol–water partition coefficient (Wildman–Crippen LogP) is 2.73. The Hall–Kier alpha value is -1.94. The van der Waals surface area contributed by atoms with E-state index in [1.165, 1.54) is 0 Å². The highest BCUT2D eigenvalue weighted by molar-refractivity contribution is 5.50. The first-order chi connectivity index (χ1) is 9.06. The minimum absolute atomic E-state index is 0.204. The Balaban J connectivity index is 2.60. The van der Waals surface area contributed by atoms with Crippen LogP contribution in [0.5, 0.6) is 0 Å². The number of rotatable bonds is 3. The number of hydrogen-bond acceptors (Lipinski definition) is 3. The molecule has 2 aromatic rings. The highest BCUT2D eigenvalue weighted by Gasteiger charge is 2.21. The molecular formula is C15H18FN3. The van der Waals surface area contributed by atoms with Gasteiger partial charge in [0, 0.05) is 17.3 Å². The molecule has 0 aliphatic heterocycles. The topological polar surface area (TPSA) is 50.9 Å². The lowest BCUT2D eigenvalue weighted by Gasteiger charge is -2.21. The van der Waals surface area contributed by atoms with E-state index >= 15 is 0 Å². The summed E-state index contributed by atoms with van der Waals surface area (Å²) in [6, 6.07) is 6.96. The molecule has 3 nitrogen and oxygen atoms in total. The molecule has 0 aliphatic carbocycles. The van der Waals surface area contributed by atoms with E-state index in [-0.39, 0.29) is 11.9 Å². The molecule has 0 saturated heterocycles. The fraction of sp³-hybridized carbons (Fsp3) is 0.267. The van der Waals surface area contributed by atoms with Crippen molar-refractivity contribution in [3.8, 4) is 0 Å². The third-order valence-corrected chi connectivity index (χ3v) is 3.35. The van der Waals surface area contributed by atoms with Crippen molar-refractivity contribution in [2.24, 2.45) is 0 Å². The highest BCUT2D eigenvalue weighted by Crippen LogP contribution is 2.30. The van der Waals surface area contributed by atoms with Crippen LogP contribution < -0.4 is 11.1 Å². The molecule has 1 aromatic carbocycles. The molecule has 0 spiro atoms. The molecule has 0 radical (unpaired) electrons. The van der Waals surface area contributed by atoms with Gasteiger partial charge in [0.15, 0.2) is 0 Å². The summed E-state index contributed by atoms with van der Waals surface area (Å²) in [5.41, 5.74) is 8.98. The number of anilines is 1. The lowest BCUT2D eigenvalue weighted by Crippen LogP contribution is -2.22. The maximum atomic E-state index is 14.3. The second-order valence-electron chi connectivity index (χ2n) is 4.63. The molecule has 0 fully saturated rings. The summed E-state index contributed by atoms with van der Waals surface area (Å²) < 4.78 is 14.3. The summed E-state index contributed by atoms with van der Waals surface area (Å²) >= 11 is 0. The van der Waals surface area contributed by atoms with Crippen molar-refractivity contribution < 1.29 is 4.39 Å². The van der Waals surface area contributed by atoms with Gasteiger partial charge in [-0.25, -0.2) is 9.37 Å². The second kappa shape index (κ2) is 5.36. The number of nitrogens with one attached hydrogen (secondary N) is 1. The SMILES string of the molecule is CNC(c1cccc(C)c1F)c1c(C)ccnc1N.